The Balaban J connectivity index is 1.29. The van der Waals surface area contributed by atoms with Crippen molar-refractivity contribution in [2.75, 3.05) is 31.6 Å². The lowest BCUT2D eigenvalue weighted by molar-refractivity contribution is -0.123. The number of hydrogen-bond acceptors (Lipinski definition) is 4. The van der Waals surface area contributed by atoms with Gasteiger partial charge in [-0.05, 0) is 87.1 Å². The molecule has 1 aliphatic carbocycles. The zero-order chi connectivity index (χ0) is 25.8. The number of rotatable bonds is 6. The molecule has 8 heteroatoms. The summed E-state index contributed by atoms with van der Waals surface area (Å²) in [5.74, 6) is 0.476. The molecule has 0 aromatic heterocycles. The molecule has 0 spiro atoms. The number of hydrogen-bond donors (Lipinski definition) is 1. The first-order chi connectivity index (χ1) is 17.2. The monoisotopic (exact) mass is 497 g/mol. The molecule has 7 nitrogen and oxygen atoms in total. The molecular weight excluding hydrogens is 461 g/mol. The minimum atomic E-state index is -0.857. The lowest BCUT2D eigenvalue weighted by Gasteiger charge is -2.38. The number of halogens is 1. The predicted octanol–water partition coefficient (Wildman–Crippen LogP) is 4.92. The Bertz CT molecular complexity index is 1070. The van der Waals surface area contributed by atoms with Crippen molar-refractivity contribution in [3.05, 3.63) is 59.4 Å². The van der Waals surface area contributed by atoms with Crippen LogP contribution >= 0.6 is 0 Å². The molecule has 0 bridgehead atoms. The van der Waals surface area contributed by atoms with Gasteiger partial charge in [0.2, 0.25) is 5.91 Å². The number of carboxylic acid groups (broad SMARTS) is 1. The van der Waals surface area contributed by atoms with Crippen molar-refractivity contribution in [2.24, 2.45) is 5.92 Å². The second-order valence-electron chi connectivity index (χ2n) is 10.1. The number of ether oxygens (including phenoxy) is 1. The lowest BCUT2D eigenvalue weighted by atomic mass is 9.86. The fourth-order valence-corrected chi connectivity index (χ4v) is 5.30. The van der Waals surface area contributed by atoms with Crippen molar-refractivity contribution in [3.63, 3.8) is 0 Å². The van der Waals surface area contributed by atoms with Crippen molar-refractivity contribution >= 4 is 17.7 Å². The molecule has 2 aromatic carbocycles. The Morgan fingerprint density at radius 1 is 1.08 bits per heavy atom. The predicted molar refractivity (Wildman–Crippen MR) is 137 cm³/mol. The molecule has 2 amide bonds. The molecule has 36 heavy (non-hydrogen) atoms. The molecule has 194 valence electrons. The first kappa shape index (κ1) is 25.9. The summed E-state index contributed by atoms with van der Waals surface area (Å²) in [6.07, 6.45) is 2.33. The topological polar surface area (TPSA) is 73.3 Å². The second kappa shape index (κ2) is 11.3. The number of carbonyl (C=O) groups excluding carboxylic acids is 1. The van der Waals surface area contributed by atoms with Gasteiger partial charge >= 0.3 is 6.09 Å². The zero-order valence-corrected chi connectivity index (χ0v) is 21.3. The Labute approximate surface area is 212 Å². The molecule has 2 fully saturated rings. The Hall–Kier alpha value is -3.13. The van der Waals surface area contributed by atoms with Crippen LogP contribution < -0.4 is 9.64 Å². The zero-order valence-electron chi connectivity index (χ0n) is 21.3. The van der Waals surface area contributed by atoms with Crippen LogP contribution in [0.4, 0.5) is 14.9 Å². The average Bonchev–Trinajstić information content (AvgIpc) is 2.86. The summed E-state index contributed by atoms with van der Waals surface area (Å²) in [5, 5.41) is 9.29. The minimum Gasteiger partial charge on any atom is -0.490 e. The van der Waals surface area contributed by atoms with E-state index in [-0.39, 0.29) is 29.8 Å². The van der Waals surface area contributed by atoms with Gasteiger partial charge in [0.25, 0.3) is 0 Å². The van der Waals surface area contributed by atoms with Crippen LogP contribution in [-0.4, -0.2) is 65.7 Å². The van der Waals surface area contributed by atoms with E-state index >= 15 is 0 Å². The number of piperazine rings is 1. The molecule has 2 aliphatic rings. The summed E-state index contributed by atoms with van der Waals surface area (Å²) in [6.45, 7) is 6.70. The van der Waals surface area contributed by atoms with E-state index in [0.717, 1.165) is 43.5 Å². The SMILES string of the molecule is Cc1cc(N(C)C(=O)C2CCC(Oc3ccc(F)cc3)CC2)ccc1CN1CCN(C(=O)O)[C@@H](C)C1. The van der Waals surface area contributed by atoms with Gasteiger partial charge in [-0.15, -0.1) is 0 Å². The van der Waals surface area contributed by atoms with E-state index in [1.807, 2.05) is 20.0 Å². The summed E-state index contributed by atoms with van der Waals surface area (Å²) in [7, 11) is 1.84. The Morgan fingerprint density at radius 3 is 2.39 bits per heavy atom. The van der Waals surface area contributed by atoms with E-state index in [1.54, 1.807) is 17.0 Å². The fourth-order valence-electron chi connectivity index (χ4n) is 5.30. The molecule has 1 N–H and O–H groups in total. The van der Waals surface area contributed by atoms with Crippen molar-refractivity contribution in [2.45, 2.75) is 58.2 Å². The number of nitrogens with zero attached hydrogens (tertiary/aromatic N) is 3. The molecule has 1 saturated carbocycles. The van der Waals surface area contributed by atoms with Crippen LogP contribution in [-0.2, 0) is 11.3 Å². The van der Waals surface area contributed by atoms with Gasteiger partial charge in [-0.25, -0.2) is 9.18 Å². The third kappa shape index (κ3) is 6.16. The highest BCUT2D eigenvalue weighted by atomic mass is 19.1. The molecule has 1 heterocycles. The van der Waals surface area contributed by atoms with Crippen molar-refractivity contribution in [1.82, 2.24) is 9.80 Å². The summed E-state index contributed by atoms with van der Waals surface area (Å²) in [6, 6.07) is 12.2. The van der Waals surface area contributed by atoms with Crippen molar-refractivity contribution in [3.8, 4) is 5.75 Å². The molecule has 1 atom stereocenters. The first-order valence-corrected chi connectivity index (χ1v) is 12.7. The standard InChI is InChI=1S/C28H36FN3O4/c1-19-16-24(9-4-22(19)18-31-14-15-32(28(34)35)20(2)17-31)30(3)27(33)21-5-10-25(11-6-21)36-26-12-7-23(29)8-13-26/h4,7-9,12-13,16,20-21,25H,5-6,10-11,14-15,17-18H2,1-3H3,(H,34,35)/t20-,21?,25?/m0/s1. The van der Waals surface area contributed by atoms with E-state index in [0.29, 0.717) is 25.4 Å². The van der Waals surface area contributed by atoms with Crippen LogP contribution in [0.15, 0.2) is 42.5 Å². The van der Waals surface area contributed by atoms with Gasteiger partial charge in [-0.2, -0.15) is 0 Å². The minimum absolute atomic E-state index is 0.0317. The Kier molecular flexibility index (Phi) is 8.14. The first-order valence-electron chi connectivity index (χ1n) is 12.7. The summed E-state index contributed by atoms with van der Waals surface area (Å²) >= 11 is 0. The van der Waals surface area contributed by atoms with Gasteiger partial charge in [-0.3, -0.25) is 9.69 Å². The number of amides is 2. The maximum Gasteiger partial charge on any atom is 0.407 e. The van der Waals surface area contributed by atoms with Crippen LogP contribution in [0.2, 0.25) is 0 Å². The maximum atomic E-state index is 13.2. The van der Waals surface area contributed by atoms with Gasteiger partial charge in [0.15, 0.2) is 0 Å². The Morgan fingerprint density at radius 2 is 1.78 bits per heavy atom. The molecule has 1 aliphatic heterocycles. The fraction of sp³-hybridized carbons (Fsp3) is 0.500. The molecular formula is C28H36FN3O4. The number of anilines is 1. The van der Waals surface area contributed by atoms with Gasteiger partial charge in [0.05, 0.1) is 6.10 Å². The van der Waals surface area contributed by atoms with E-state index in [1.165, 1.54) is 22.6 Å². The third-order valence-corrected chi connectivity index (χ3v) is 7.54. The van der Waals surface area contributed by atoms with Crippen LogP contribution in [0.1, 0.15) is 43.7 Å². The highest BCUT2D eigenvalue weighted by molar-refractivity contribution is 5.94. The van der Waals surface area contributed by atoms with Gasteiger partial charge < -0.3 is 19.6 Å². The van der Waals surface area contributed by atoms with Crippen molar-refractivity contribution < 1.29 is 23.8 Å². The van der Waals surface area contributed by atoms with Crippen molar-refractivity contribution in [1.29, 1.82) is 0 Å². The highest BCUT2D eigenvalue weighted by Crippen LogP contribution is 2.31. The van der Waals surface area contributed by atoms with E-state index < -0.39 is 6.09 Å². The number of benzene rings is 2. The lowest BCUT2D eigenvalue weighted by Crippen LogP contribution is -2.53. The van der Waals surface area contributed by atoms with Crippen LogP contribution in [0, 0.1) is 18.7 Å². The second-order valence-corrected chi connectivity index (χ2v) is 10.1. The van der Waals surface area contributed by atoms with Crippen LogP contribution in [0.3, 0.4) is 0 Å². The summed E-state index contributed by atoms with van der Waals surface area (Å²) in [4.78, 5) is 30.1. The molecule has 4 rings (SSSR count). The smallest absolute Gasteiger partial charge is 0.407 e. The quantitative estimate of drug-likeness (QED) is 0.613. The van der Waals surface area contributed by atoms with Gasteiger partial charge in [0, 0.05) is 50.9 Å². The van der Waals surface area contributed by atoms with Crippen LogP contribution in [0.5, 0.6) is 5.75 Å². The molecule has 2 aromatic rings. The highest BCUT2D eigenvalue weighted by Gasteiger charge is 2.30. The summed E-state index contributed by atoms with van der Waals surface area (Å²) in [5.41, 5.74) is 3.20. The molecule has 0 unspecified atom stereocenters. The normalized spacial score (nSPS) is 22.8. The van der Waals surface area contributed by atoms with Gasteiger partial charge in [0.1, 0.15) is 11.6 Å². The average molecular weight is 498 g/mol. The number of aryl methyl sites for hydroxylation is 1. The van der Waals surface area contributed by atoms with E-state index in [9.17, 15) is 19.1 Å². The maximum absolute atomic E-state index is 13.2. The van der Waals surface area contributed by atoms with Crippen LogP contribution in [0.25, 0.3) is 0 Å². The largest absolute Gasteiger partial charge is 0.490 e. The number of carbonyl (C=O) groups is 2. The van der Waals surface area contributed by atoms with E-state index in [4.69, 9.17) is 4.74 Å². The molecule has 1 saturated heterocycles. The van der Waals surface area contributed by atoms with E-state index in [2.05, 4.69) is 24.0 Å². The summed E-state index contributed by atoms with van der Waals surface area (Å²) < 4.78 is 19.1. The third-order valence-electron chi connectivity index (χ3n) is 7.54. The molecule has 0 radical (unpaired) electrons. The van der Waals surface area contributed by atoms with Gasteiger partial charge in [-0.1, -0.05) is 6.07 Å².